The standard InChI is InChI=1S/C13H19NO3/c15-12(9-4-2-1-3-5-9)14-11-7-6-10(8-11)13(16)17/h1-2,9-11H,3-8H2,(H,14,15)(H,16,17)/t9?,10-,11+/m0/s1. The maximum atomic E-state index is 11.9. The molecule has 4 heteroatoms. The molecule has 0 bridgehead atoms. The minimum atomic E-state index is -0.734. The molecule has 94 valence electrons. The van der Waals surface area contributed by atoms with Crippen molar-refractivity contribution < 1.29 is 14.7 Å². The molecule has 2 aliphatic carbocycles. The Kier molecular flexibility index (Phi) is 3.82. The lowest BCUT2D eigenvalue weighted by Crippen LogP contribution is -2.38. The molecule has 0 aromatic carbocycles. The third-order valence-electron chi connectivity index (χ3n) is 3.77. The van der Waals surface area contributed by atoms with Crippen molar-refractivity contribution in [3.63, 3.8) is 0 Å². The molecule has 2 rings (SSSR count). The van der Waals surface area contributed by atoms with Crippen LogP contribution in [0.3, 0.4) is 0 Å². The number of aliphatic carboxylic acids is 1. The number of hydrogen-bond acceptors (Lipinski definition) is 2. The van der Waals surface area contributed by atoms with E-state index >= 15 is 0 Å². The Morgan fingerprint density at radius 2 is 1.94 bits per heavy atom. The van der Waals surface area contributed by atoms with E-state index in [0.717, 1.165) is 25.7 Å². The van der Waals surface area contributed by atoms with Crippen LogP contribution in [0.5, 0.6) is 0 Å². The molecule has 4 nitrogen and oxygen atoms in total. The van der Waals surface area contributed by atoms with Crippen molar-refractivity contribution >= 4 is 11.9 Å². The summed E-state index contributed by atoms with van der Waals surface area (Å²) in [7, 11) is 0. The molecule has 1 fully saturated rings. The van der Waals surface area contributed by atoms with Gasteiger partial charge < -0.3 is 10.4 Å². The third kappa shape index (κ3) is 3.08. The second-order valence-electron chi connectivity index (χ2n) is 5.04. The summed E-state index contributed by atoms with van der Waals surface area (Å²) in [5.74, 6) is -0.817. The van der Waals surface area contributed by atoms with Crippen LogP contribution < -0.4 is 5.32 Å². The van der Waals surface area contributed by atoms with Gasteiger partial charge in [0.15, 0.2) is 0 Å². The highest BCUT2D eigenvalue weighted by atomic mass is 16.4. The second-order valence-corrected chi connectivity index (χ2v) is 5.04. The van der Waals surface area contributed by atoms with Gasteiger partial charge in [-0.3, -0.25) is 9.59 Å². The number of carbonyl (C=O) groups is 2. The molecule has 2 aliphatic rings. The van der Waals surface area contributed by atoms with E-state index in [1.807, 2.05) is 0 Å². The van der Waals surface area contributed by atoms with Crippen LogP contribution in [-0.2, 0) is 9.59 Å². The first-order chi connectivity index (χ1) is 8.16. The van der Waals surface area contributed by atoms with Crippen molar-refractivity contribution in [1.82, 2.24) is 5.32 Å². The minimum Gasteiger partial charge on any atom is -0.481 e. The van der Waals surface area contributed by atoms with Gasteiger partial charge in [-0.2, -0.15) is 0 Å². The molecule has 0 radical (unpaired) electrons. The maximum Gasteiger partial charge on any atom is 0.306 e. The average molecular weight is 237 g/mol. The van der Waals surface area contributed by atoms with Gasteiger partial charge in [0, 0.05) is 12.0 Å². The van der Waals surface area contributed by atoms with Crippen LogP contribution in [0.2, 0.25) is 0 Å². The number of nitrogens with one attached hydrogen (secondary N) is 1. The van der Waals surface area contributed by atoms with Gasteiger partial charge in [-0.1, -0.05) is 12.2 Å². The van der Waals surface area contributed by atoms with Gasteiger partial charge in [0.05, 0.1) is 5.92 Å². The molecule has 0 spiro atoms. The number of carbonyl (C=O) groups excluding carboxylic acids is 1. The summed E-state index contributed by atoms with van der Waals surface area (Å²) in [6.45, 7) is 0. The first-order valence-electron chi connectivity index (χ1n) is 6.35. The highest BCUT2D eigenvalue weighted by molar-refractivity contribution is 5.79. The quantitative estimate of drug-likeness (QED) is 0.734. The summed E-state index contributed by atoms with van der Waals surface area (Å²) in [6, 6.07) is 0.0644. The fourth-order valence-corrected chi connectivity index (χ4v) is 2.69. The fourth-order valence-electron chi connectivity index (χ4n) is 2.69. The van der Waals surface area contributed by atoms with Crippen LogP contribution in [0.4, 0.5) is 0 Å². The van der Waals surface area contributed by atoms with Gasteiger partial charge in [0.25, 0.3) is 0 Å². The molecule has 0 saturated heterocycles. The lowest BCUT2D eigenvalue weighted by Gasteiger charge is -2.20. The van der Waals surface area contributed by atoms with E-state index in [1.165, 1.54) is 0 Å². The zero-order valence-electron chi connectivity index (χ0n) is 9.89. The van der Waals surface area contributed by atoms with E-state index in [0.29, 0.717) is 12.8 Å². The Balaban J connectivity index is 1.79. The SMILES string of the molecule is O=C(N[C@@H]1CC[C@H](C(=O)O)C1)C1CC=CCC1. The van der Waals surface area contributed by atoms with Gasteiger partial charge in [0.1, 0.15) is 0 Å². The van der Waals surface area contributed by atoms with E-state index in [2.05, 4.69) is 17.5 Å². The zero-order chi connectivity index (χ0) is 12.3. The number of amides is 1. The molecule has 0 heterocycles. The van der Waals surface area contributed by atoms with Crippen LogP contribution in [0.1, 0.15) is 38.5 Å². The summed E-state index contributed by atoms with van der Waals surface area (Å²) >= 11 is 0. The van der Waals surface area contributed by atoms with Gasteiger partial charge >= 0.3 is 5.97 Å². The van der Waals surface area contributed by atoms with Crippen LogP contribution in [0, 0.1) is 11.8 Å². The first-order valence-corrected chi connectivity index (χ1v) is 6.35. The fraction of sp³-hybridized carbons (Fsp3) is 0.692. The van der Waals surface area contributed by atoms with Crippen LogP contribution in [0.25, 0.3) is 0 Å². The second kappa shape index (κ2) is 5.34. The van der Waals surface area contributed by atoms with Crippen molar-refractivity contribution in [3.8, 4) is 0 Å². The van der Waals surface area contributed by atoms with E-state index < -0.39 is 5.97 Å². The molecular formula is C13H19NO3. The lowest BCUT2D eigenvalue weighted by atomic mass is 9.93. The molecule has 3 atom stereocenters. The molecule has 1 saturated carbocycles. The molecule has 0 aromatic rings. The van der Waals surface area contributed by atoms with Crippen LogP contribution >= 0.6 is 0 Å². The first kappa shape index (κ1) is 12.1. The summed E-state index contributed by atoms with van der Waals surface area (Å²) in [4.78, 5) is 22.8. The number of allylic oxidation sites excluding steroid dienone is 2. The number of carboxylic acids is 1. The summed E-state index contributed by atoms with van der Waals surface area (Å²) in [6.07, 6.45) is 8.95. The Labute approximate surface area is 101 Å². The molecule has 1 amide bonds. The number of hydrogen-bond donors (Lipinski definition) is 2. The monoisotopic (exact) mass is 237 g/mol. The Bertz CT molecular complexity index is 338. The smallest absolute Gasteiger partial charge is 0.306 e. The van der Waals surface area contributed by atoms with Gasteiger partial charge in [-0.25, -0.2) is 0 Å². The van der Waals surface area contributed by atoms with E-state index in [4.69, 9.17) is 5.11 Å². The largest absolute Gasteiger partial charge is 0.481 e. The molecule has 0 aromatic heterocycles. The van der Waals surface area contributed by atoms with Crippen LogP contribution in [-0.4, -0.2) is 23.0 Å². The molecular weight excluding hydrogens is 218 g/mol. The van der Waals surface area contributed by atoms with Crippen molar-refractivity contribution in [2.24, 2.45) is 11.8 Å². The van der Waals surface area contributed by atoms with Gasteiger partial charge in [0.2, 0.25) is 5.91 Å². The minimum absolute atomic E-state index is 0.0644. The number of rotatable bonds is 3. The third-order valence-corrected chi connectivity index (χ3v) is 3.77. The average Bonchev–Trinajstić information content (AvgIpc) is 2.79. The zero-order valence-corrected chi connectivity index (χ0v) is 9.89. The molecule has 1 unspecified atom stereocenters. The van der Waals surface area contributed by atoms with Gasteiger partial charge in [-0.05, 0) is 38.5 Å². The van der Waals surface area contributed by atoms with Crippen molar-refractivity contribution in [1.29, 1.82) is 0 Å². The predicted molar refractivity (Wildman–Crippen MR) is 63.4 cm³/mol. The summed E-state index contributed by atoms with van der Waals surface area (Å²) in [5, 5.41) is 11.9. The lowest BCUT2D eigenvalue weighted by molar-refractivity contribution is -0.141. The summed E-state index contributed by atoms with van der Waals surface area (Å²) in [5.41, 5.74) is 0. The van der Waals surface area contributed by atoms with E-state index in [1.54, 1.807) is 0 Å². The normalized spacial score (nSPS) is 32.4. The maximum absolute atomic E-state index is 11.9. The van der Waals surface area contributed by atoms with Gasteiger partial charge in [-0.15, -0.1) is 0 Å². The number of carboxylic acid groups (broad SMARTS) is 1. The highest BCUT2D eigenvalue weighted by Crippen LogP contribution is 2.26. The van der Waals surface area contributed by atoms with E-state index in [9.17, 15) is 9.59 Å². The predicted octanol–water partition coefficient (Wildman–Crippen LogP) is 1.71. The van der Waals surface area contributed by atoms with E-state index in [-0.39, 0.29) is 23.8 Å². The molecule has 0 aliphatic heterocycles. The topological polar surface area (TPSA) is 66.4 Å². The molecule has 17 heavy (non-hydrogen) atoms. The van der Waals surface area contributed by atoms with Crippen LogP contribution in [0.15, 0.2) is 12.2 Å². The van der Waals surface area contributed by atoms with Crippen molar-refractivity contribution in [2.45, 2.75) is 44.6 Å². The highest BCUT2D eigenvalue weighted by Gasteiger charge is 2.31. The van der Waals surface area contributed by atoms with Crippen molar-refractivity contribution in [3.05, 3.63) is 12.2 Å². The Morgan fingerprint density at radius 1 is 1.12 bits per heavy atom. The molecule has 2 N–H and O–H groups in total. The Morgan fingerprint density at radius 3 is 2.53 bits per heavy atom. The summed E-state index contributed by atoms with van der Waals surface area (Å²) < 4.78 is 0. The Hall–Kier alpha value is -1.32. The van der Waals surface area contributed by atoms with Crippen molar-refractivity contribution in [2.75, 3.05) is 0 Å².